The Balaban J connectivity index is 1.88. The highest BCUT2D eigenvalue weighted by Crippen LogP contribution is 2.11. The number of hydrogen-bond acceptors (Lipinski definition) is 4. The van der Waals surface area contributed by atoms with Crippen molar-refractivity contribution in [1.29, 1.82) is 0 Å². The fourth-order valence-corrected chi connectivity index (χ4v) is 2.12. The lowest BCUT2D eigenvalue weighted by Crippen LogP contribution is -2.35. The van der Waals surface area contributed by atoms with E-state index in [1.165, 1.54) is 6.07 Å². The molecule has 1 aliphatic heterocycles. The third-order valence-corrected chi connectivity index (χ3v) is 3.25. The van der Waals surface area contributed by atoms with Crippen molar-refractivity contribution in [2.24, 2.45) is 10.9 Å². The van der Waals surface area contributed by atoms with Crippen molar-refractivity contribution in [2.75, 3.05) is 6.54 Å². The summed E-state index contributed by atoms with van der Waals surface area (Å²) in [4.78, 5) is 11.0. The Kier molecular flexibility index (Phi) is 4.52. The topological polar surface area (TPSA) is 99.7 Å². The van der Waals surface area contributed by atoms with E-state index < -0.39 is 5.82 Å². The third kappa shape index (κ3) is 3.45. The smallest absolute Gasteiger partial charge is 0.220 e. The fourth-order valence-electron chi connectivity index (χ4n) is 2.12. The quantitative estimate of drug-likeness (QED) is 0.269. The minimum Gasteiger partial charge on any atom is -0.409 e. The van der Waals surface area contributed by atoms with E-state index in [0.29, 0.717) is 30.6 Å². The number of nitrogens with two attached hydrogens (primary N) is 1. The maximum absolute atomic E-state index is 13.8. The van der Waals surface area contributed by atoms with Crippen LogP contribution in [-0.2, 0) is 11.3 Å². The second kappa shape index (κ2) is 6.33. The second-order valence-electron chi connectivity index (χ2n) is 4.73. The molecule has 6 nitrogen and oxygen atoms in total. The van der Waals surface area contributed by atoms with Crippen LogP contribution >= 0.6 is 0 Å². The molecule has 1 aromatic rings. The Morgan fingerprint density at radius 1 is 1.60 bits per heavy atom. The first-order valence-electron chi connectivity index (χ1n) is 6.36. The zero-order valence-electron chi connectivity index (χ0n) is 10.9. The molecule has 0 bridgehead atoms. The number of nitrogens with one attached hydrogen (secondary N) is 2. The molecular formula is C13H17FN4O2. The molecule has 0 radical (unpaired) electrons. The molecule has 108 valence electrons. The third-order valence-electron chi connectivity index (χ3n) is 3.25. The van der Waals surface area contributed by atoms with E-state index >= 15 is 0 Å². The van der Waals surface area contributed by atoms with Gasteiger partial charge in [-0.25, -0.2) is 4.39 Å². The maximum Gasteiger partial charge on any atom is 0.220 e. The van der Waals surface area contributed by atoms with Crippen molar-refractivity contribution in [3.05, 3.63) is 35.1 Å². The first-order chi connectivity index (χ1) is 9.60. The molecular weight excluding hydrogens is 263 g/mol. The van der Waals surface area contributed by atoms with Crippen molar-refractivity contribution in [1.82, 2.24) is 10.6 Å². The normalized spacial score (nSPS) is 19.1. The van der Waals surface area contributed by atoms with Gasteiger partial charge in [0.25, 0.3) is 0 Å². The van der Waals surface area contributed by atoms with E-state index in [1.807, 2.05) is 0 Å². The molecule has 1 amide bonds. The highest BCUT2D eigenvalue weighted by atomic mass is 19.1. The van der Waals surface area contributed by atoms with Crippen LogP contribution in [0, 0.1) is 5.82 Å². The van der Waals surface area contributed by atoms with Crippen molar-refractivity contribution >= 4 is 11.7 Å². The van der Waals surface area contributed by atoms with Gasteiger partial charge in [-0.05, 0) is 12.5 Å². The molecule has 1 unspecified atom stereocenters. The lowest BCUT2D eigenvalue weighted by Gasteiger charge is -2.12. The van der Waals surface area contributed by atoms with Crippen LogP contribution in [0.25, 0.3) is 0 Å². The van der Waals surface area contributed by atoms with Crippen molar-refractivity contribution in [2.45, 2.75) is 25.4 Å². The van der Waals surface area contributed by atoms with Gasteiger partial charge in [0.15, 0.2) is 5.84 Å². The van der Waals surface area contributed by atoms with Crippen LogP contribution in [0.4, 0.5) is 4.39 Å². The van der Waals surface area contributed by atoms with Gasteiger partial charge in [0.05, 0.1) is 0 Å². The first kappa shape index (κ1) is 14.3. The molecule has 1 fully saturated rings. The molecule has 1 saturated heterocycles. The minimum absolute atomic E-state index is 0.0612. The Morgan fingerprint density at radius 3 is 3.00 bits per heavy atom. The number of hydrogen-bond donors (Lipinski definition) is 4. The highest BCUT2D eigenvalue weighted by molar-refractivity contribution is 5.97. The fraction of sp³-hybridized carbons (Fsp3) is 0.385. The van der Waals surface area contributed by atoms with E-state index in [2.05, 4.69) is 15.8 Å². The van der Waals surface area contributed by atoms with Crippen LogP contribution in [0.1, 0.15) is 24.0 Å². The van der Waals surface area contributed by atoms with Crippen LogP contribution in [-0.4, -0.2) is 29.5 Å². The number of carbonyl (C=O) groups is 1. The van der Waals surface area contributed by atoms with Crippen LogP contribution in [0.3, 0.4) is 0 Å². The molecule has 2 rings (SSSR count). The van der Waals surface area contributed by atoms with Crippen LogP contribution in [0.15, 0.2) is 23.4 Å². The molecule has 5 N–H and O–H groups in total. The predicted molar refractivity (Wildman–Crippen MR) is 71.8 cm³/mol. The van der Waals surface area contributed by atoms with Gasteiger partial charge < -0.3 is 21.6 Å². The summed E-state index contributed by atoms with van der Waals surface area (Å²) in [7, 11) is 0. The number of amides is 1. The molecule has 7 heteroatoms. The standard InChI is InChI=1S/C13H17FN4O2/c14-11-5-8(13(15)18-20)1-2-9(11)6-16-7-10-3-4-12(19)17-10/h1-2,5,10,16,20H,3-4,6-7H2,(H2,15,18)(H,17,19). The summed E-state index contributed by atoms with van der Waals surface area (Å²) in [6, 6.07) is 4.51. The molecule has 1 aromatic carbocycles. The summed E-state index contributed by atoms with van der Waals surface area (Å²) in [6.45, 7) is 0.960. The zero-order chi connectivity index (χ0) is 14.5. The summed E-state index contributed by atoms with van der Waals surface area (Å²) in [6.07, 6.45) is 1.35. The number of rotatable bonds is 5. The highest BCUT2D eigenvalue weighted by Gasteiger charge is 2.19. The lowest BCUT2D eigenvalue weighted by molar-refractivity contribution is -0.119. The average Bonchev–Trinajstić information content (AvgIpc) is 2.85. The number of halogens is 1. The number of oxime groups is 1. The molecule has 0 spiro atoms. The Hall–Kier alpha value is -2.15. The summed E-state index contributed by atoms with van der Waals surface area (Å²) >= 11 is 0. The summed E-state index contributed by atoms with van der Waals surface area (Å²) in [5, 5.41) is 17.3. The van der Waals surface area contributed by atoms with Crippen molar-refractivity contribution < 1.29 is 14.4 Å². The average molecular weight is 280 g/mol. The van der Waals surface area contributed by atoms with Gasteiger partial charge in [-0.2, -0.15) is 0 Å². The molecule has 1 atom stereocenters. The Labute approximate surface area is 115 Å². The maximum atomic E-state index is 13.8. The molecule has 0 aliphatic carbocycles. The summed E-state index contributed by atoms with van der Waals surface area (Å²) < 4.78 is 13.8. The van der Waals surface area contributed by atoms with Gasteiger partial charge in [-0.1, -0.05) is 17.3 Å². The zero-order valence-corrected chi connectivity index (χ0v) is 10.9. The number of carbonyl (C=O) groups excluding carboxylic acids is 1. The minimum atomic E-state index is -0.419. The van der Waals surface area contributed by atoms with Crippen molar-refractivity contribution in [3.8, 4) is 0 Å². The van der Waals surface area contributed by atoms with Gasteiger partial charge in [0.1, 0.15) is 5.82 Å². The number of amidine groups is 1. The molecule has 1 aliphatic rings. The molecule has 20 heavy (non-hydrogen) atoms. The lowest BCUT2D eigenvalue weighted by atomic mass is 10.1. The van der Waals surface area contributed by atoms with E-state index in [4.69, 9.17) is 10.9 Å². The van der Waals surface area contributed by atoms with Gasteiger partial charge >= 0.3 is 0 Å². The van der Waals surface area contributed by atoms with Crippen LogP contribution < -0.4 is 16.4 Å². The monoisotopic (exact) mass is 280 g/mol. The van der Waals surface area contributed by atoms with E-state index in [-0.39, 0.29) is 17.8 Å². The molecule has 0 aromatic heterocycles. The predicted octanol–water partition coefficient (Wildman–Crippen LogP) is 0.288. The SMILES string of the molecule is NC(=NO)c1ccc(CNCC2CCC(=O)N2)c(F)c1. The second-order valence-corrected chi connectivity index (χ2v) is 4.73. The molecule has 0 saturated carbocycles. The number of benzene rings is 1. The van der Waals surface area contributed by atoms with Gasteiger partial charge in [-0.15, -0.1) is 0 Å². The van der Waals surface area contributed by atoms with E-state index in [0.717, 1.165) is 6.42 Å². The molecule has 1 heterocycles. The largest absolute Gasteiger partial charge is 0.409 e. The van der Waals surface area contributed by atoms with Gasteiger partial charge in [0, 0.05) is 36.7 Å². The Morgan fingerprint density at radius 2 is 2.40 bits per heavy atom. The van der Waals surface area contributed by atoms with Gasteiger partial charge in [0.2, 0.25) is 5.91 Å². The van der Waals surface area contributed by atoms with Crippen LogP contribution in [0.2, 0.25) is 0 Å². The summed E-state index contributed by atoms with van der Waals surface area (Å²) in [5.41, 5.74) is 6.21. The Bertz CT molecular complexity index is 533. The van der Waals surface area contributed by atoms with E-state index in [1.54, 1.807) is 12.1 Å². The number of nitrogens with zero attached hydrogens (tertiary/aromatic N) is 1. The van der Waals surface area contributed by atoms with Crippen LogP contribution in [0.5, 0.6) is 0 Å². The van der Waals surface area contributed by atoms with Gasteiger partial charge in [-0.3, -0.25) is 4.79 Å². The van der Waals surface area contributed by atoms with Crippen molar-refractivity contribution in [3.63, 3.8) is 0 Å². The van der Waals surface area contributed by atoms with E-state index in [9.17, 15) is 9.18 Å². The summed E-state index contributed by atoms with van der Waals surface area (Å²) in [5.74, 6) is -0.486. The first-order valence-corrected chi connectivity index (χ1v) is 6.36.